The Labute approximate surface area is 109 Å². The summed E-state index contributed by atoms with van der Waals surface area (Å²) in [6.07, 6.45) is 2.14. The molecule has 0 saturated carbocycles. The van der Waals surface area contributed by atoms with Crippen LogP contribution in [0.1, 0.15) is 25.8 Å². The highest BCUT2D eigenvalue weighted by molar-refractivity contribution is 5.17. The first kappa shape index (κ1) is 13.5. The van der Waals surface area contributed by atoms with E-state index in [2.05, 4.69) is 24.1 Å². The van der Waals surface area contributed by atoms with E-state index in [0.717, 1.165) is 31.6 Å². The molecule has 3 heteroatoms. The molecule has 1 fully saturated rings. The second kappa shape index (κ2) is 6.30. The van der Waals surface area contributed by atoms with E-state index in [1.165, 1.54) is 12.5 Å². The summed E-state index contributed by atoms with van der Waals surface area (Å²) in [7, 11) is 0. The smallest absolute Gasteiger partial charge is 0.123 e. The Hall–Kier alpha value is -0.930. The minimum absolute atomic E-state index is 0.134. The molecule has 0 aliphatic carbocycles. The highest BCUT2D eigenvalue weighted by atomic mass is 19.1. The molecule has 2 unspecified atom stereocenters. The van der Waals surface area contributed by atoms with Crippen LogP contribution in [0.25, 0.3) is 0 Å². The van der Waals surface area contributed by atoms with Crippen LogP contribution in [0, 0.1) is 5.82 Å². The second-order valence-corrected chi connectivity index (χ2v) is 5.16. The van der Waals surface area contributed by atoms with Gasteiger partial charge in [-0.1, -0.05) is 19.1 Å². The van der Waals surface area contributed by atoms with Crippen LogP contribution >= 0.6 is 0 Å². The normalized spacial score (nSPS) is 21.4. The van der Waals surface area contributed by atoms with Crippen molar-refractivity contribution >= 4 is 0 Å². The Balaban J connectivity index is 1.98. The van der Waals surface area contributed by atoms with Gasteiger partial charge < -0.3 is 5.32 Å². The monoisotopic (exact) mass is 250 g/mol. The van der Waals surface area contributed by atoms with Gasteiger partial charge in [0.25, 0.3) is 0 Å². The van der Waals surface area contributed by atoms with Crippen molar-refractivity contribution in [2.24, 2.45) is 0 Å². The average Bonchev–Trinajstić information content (AvgIpc) is 2.83. The van der Waals surface area contributed by atoms with Gasteiger partial charge in [-0.2, -0.15) is 0 Å². The summed E-state index contributed by atoms with van der Waals surface area (Å²) in [5.41, 5.74) is 1.09. The van der Waals surface area contributed by atoms with Crippen LogP contribution in [0.4, 0.5) is 4.39 Å². The van der Waals surface area contributed by atoms with Gasteiger partial charge in [0.05, 0.1) is 0 Å². The highest BCUT2D eigenvalue weighted by Gasteiger charge is 2.24. The summed E-state index contributed by atoms with van der Waals surface area (Å²) < 4.78 is 13.2. The zero-order valence-corrected chi connectivity index (χ0v) is 11.3. The van der Waals surface area contributed by atoms with E-state index in [0.29, 0.717) is 12.1 Å². The summed E-state index contributed by atoms with van der Waals surface area (Å²) in [6, 6.07) is 8.06. The number of halogens is 1. The van der Waals surface area contributed by atoms with Crippen LogP contribution in [0.3, 0.4) is 0 Å². The molecule has 2 nitrogen and oxygen atoms in total. The summed E-state index contributed by atoms with van der Waals surface area (Å²) in [4.78, 5) is 2.53. The van der Waals surface area contributed by atoms with Gasteiger partial charge in [-0.25, -0.2) is 4.39 Å². The first-order valence-electron chi connectivity index (χ1n) is 6.91. The number of rotatable bonds is 5. The Bertz CT molecular complexity index is 375. The summed E-state index contributed by atoms with van der Waals surface area (Å²) in [5.74, 6) is -0.134. The Morgan fingerprint density at radius 2 is 2.33 bits per heavy atom. The number of benzene rings is 1. The molecule has 1 saturated heterocycles. The molecule has 2 rings (SSSR count). The second-order valence-electron chi connectivity index (χ2n) is 5.16. The quantitative estimate of drug-likeness (QED) is 0.863. The van der Waals surface area contributed by atoms with Crippen molar-refractivity contribution in [2.45, 2.75) is 38.8 Å². The lowest BCUT2D eigenvalue weighted by Gasteiger charge is -2.33. The molecule has 18 heavy (non-hydrogen) atoms. The minimum Gasteiger partial charge on any atom is -0.315 e. The fourth-order valence-corrected chi connectivity index (χ4v) is 2.97. The molecule has 2 atom stereocenters. The van der Waals surface area contributed by atoms with Gasteiger partial charge in [-0.3, -0.25) is 4.90 Å². The Morgan fingerprint density at radius 1 is 1.50 bits per heavy atom. The molecule has 0 bridgehead atoms. The number of hydrogen-bond donors (Lipinski definition) is 1. The highest BCUT2D eigenvalue weighted by Crippen LogP contribution is 2.16. The number of nitrogens with one attached hydrogen (secondary N) is 1. The summed E-state index contributed by atoms with van der Waals surface area (Å²) >= 11 is 0. The lowest BCUT2D eigenvalue weighted by atomic mass is 10.0. The van der Waals surface area contributed by atoms with Crippen molar-refractivity contribution in [1.82, 2.24) is 10.2 Å². The zero-order chi connectivity index (χ0) is 13.0. The Kier molecular flexibility index (Phi) is 4.72. The summed E-state index contributed by atoms with van der Waals surface area (Å²) in [5, 5.41) is 3.41. The number of hydrogen-bond acceptors (Lipinski definition) is 2. The minimum atomic E-state index is -0.134. The molecule has 0 aromatic heterocycles. The van der Waals surface area contributed by atoms with Crippen LogP contribution in [0.2, 0.25) is 0 Å². The van der Waals surface area contributed by atoms with E-state index >= 15 is 0 Å². The van der Waals surface area contributed by atoms with Crippen molar-refractivity contribution in [3.05, 3.63) is 35.6 Å². The lowest BCUT2D eigenvalue weighted by molar-refractivity contribution is 0.161. The van der Waals surface area contributed by atoms with Crippen LogP contribution in [0.15, 0.2) is 24.3 Å². The van der Waals surface area contributed by atoms with E-state index in [1.807, 2.05) is 6.07 Å². The maximum absolute atomic E-state index is 13.2. The average molecular weight is 250 g/mol. The van der Waals surface area contributed by atoms with Gasteiger partial charge in [0.1, 0.15) is 5.82 Å². The van der Waals surface area contributed by atoms with E-state index in [-0.39, 0.29) is 5.82 Å². The molecule has 0 amide bonds. The van der Waals surface area contributed by atoms with Gasteiger partial charge in [-0.05, 0) is 50.6 Å². The van der Waals surface area contributed by atoms with Gasteiger partial charge in [-0.15, -0.1) is 0 Å². The number of nitrogens with zero attached hydrogens (tertiary/aromatic N) is 1. The van der Waals surface area contributed by atoms with Crippen LogP contribution < -0.4 is 5.32 Å². The maximum atomic E-state index is 13.2. The third-order valence-electron chi connectivity index (χ3n) is 3.85. The molecule has 1 aliphatic rings. The van der Waals surface area contributed by atoms with Gasteiger partial charge in [0.15, 0.2) is 0 Å². The molecule has 100 valence electrons. The van der Waals surface area contributed by atoms with Crippen LogP contribution in [0.5, 0.6) is 0 Å². The van der Waals surface area contributed by atoms with Crippen molar-refractivity contribution < 1.29 is 4.39 Å². The SMILES string of the molecule is CCN(C(C)Cc1cccc(F)c1)C1CCNC1. The fourth-order valence-electron chi connectivity index (χ4n) is 2.97. The van der Waals surface area contributed by atoms with Gasteiger partial charge in [0, 0.05) is 18.6 Å². The fraction of sp³-hybridized carbons (Fsp3) is 0.600. The molecule has 1 aliphatic heterocycles. The van der Waals surface area contributed by atoms with Crippen molar-refractivity contribution in [2.75, 3.05) is 19.6 Å². The molecule has 0 radical (unpaired) electrons. The standard InChI is InChI=1S/C15H23FN2/c1-3-18(15-7-8-17-11-15)12(2)9-13-5-4-6-14(16)10-13/h4-6,10,12,15,17H,3,7-9,11H2,1-2H3. The lowest BCUT2D eigenvalue weighted by Crippen LogP contribution is -2.43. The van der Waals surface area contributed by atoms with E-state index in [9.17, 15) is 4.39 Å². The van der Waals surface area contributed by atoms with Gasteiger partial charge in [0.2, 0.25) is 0 Å². The summed E-state index contributed by atoms with van der Waals surface area (Å²) in [6.45, 7) is 7.71. The third kappa shape index (κ3) is 3.30. The molecular weight excluding hydrogens is 227 g/mol. The molecule has 1 heterocycles. The number of likely N-dealkylation sites (N-methyl/N-ethyl adjacent to an activating group) is 1. The first-order chi connectivity index (χ1) is 8.70. The van der Waals surface area contributed by atoms with Crippen LogP contribution in [-0.2, 0) is 6.42 Å². The van der Waals surface area contributed by atoms with E-state index < -0.39 is 0 Å². The van der Waals surface area contributed by atoms with Crippen molar-refractivity contribution in [1.29, 1.82) is 0 Å². The molecule has 0 spiro atoms. The first-order valence-corrected chi connectivity index (χ1v) is 6.91. The van der Waals surface area contributed by atoms with Crippen molar-refractivity contribution in [3.63, 3.8) is 0 Å². The molecule has 1 N–H and O–H groups in total. The van der Waals surface area contributed by atoms with E-state index in [4.69, 9.17) is 0 Å². The van der Waals surface area contributed by atoms with Crippen molar-refractivity contribution in [3.8, 4) is 0 Å². The third-order valence-corrected chi connectivity index (χ3v) is 3.85. The maximum Gasteiger partial charge on any atom is 0.123 e. The molecule has 1 aromatic rings. The zero-order valence-electron chi connectivity index (χ0n) is 11.3. The molecular formula is C15H23FN2. The molecule has 1 aromatic carbocycles. The predicted octanol–water partition coefficient (Wildman–Crippen LogP) is 2.44. The largest absolute Gasteiger partial charge is 0.315 e. The van der Waals surface area contributed by atoms with E-state index in [1.54, 1.807) is 12.1 Å². The van der Waals surface area contributed by atoms with Gasteiger partial charge >= 0.3 is 0 Å². The topological polar surface area (TPSA) is 15.3 Å². The Morgan fingerprint density at radius 3 is 2.94 bits per heavy atom. The van der Waals surface area contributed by atoms with Crippen LogP contribution in [-0.4, -0.2) is 36.6 Å². The predicted molar refractivity (Wildman–Crippen MR) is 73.2 cm³/mol.